The van der Waals surface area contributed by atoms with E-state index in [1.54, 1.807) is 36.7 Å². The van der Waals surface area contributed by atoms with E-state index in [0.29, 0.717) is 10.6 Å². The van der Waals surface area contributed by atoms with Gasteiger partial charge in [-0.15, -0.1) is 11.8 Å². The molecule has 0 aliphatic carbocycles. The second kappa shape index (κ2) is 8.89. The van der Waals surface area contributed by atoms with Gasteiger partial charge in [-0.05, 0) is 36.6 Å². The van der Waals surface area contributed by atoms with Crippen LogP contribution in [-0.2, 0) is 6.54 Å². The van der Waals surface area contributed by atoms with Crippen molar-refractivity contribution in [1.29, 1.82) is 5.26 Å². The van der Waals surface area contributed by atoms with Crippen molar-refractivity contribution in [3.05, 3.63) is 54.1 Å². The average molecular weight is 344 g/mol. The minimum absolute atomic E-state index is 0.208. The van der Waals surface area contributed by atoms with Crippen LogP contribution in [0.15, 0.2) is 47.5 Å². The number of thioether (sulfide) groups is 1. The van der Waals surface area contributed by atoms with Crippen molar-refractivity contribution in [3.63, 3.8) is 0 Å². The number of aromatic nitrogens is 1. The Morgan fingerprint density at radius 3 is 2.88 bits per heavy atom. The Labute approximate surface area is 144 Å². The monoisotopic (exact) mass is 344 g/mol. The molecule has 1 aromatic carbocycles. The molecule has 0 spiro atoms. The number of hydrogen-bond acceptors (Lipinski definition) is 4. The Kier molecular flexibility index (Phi) is 6.58. The summed E-state index contributed by atoms with van der Waals surface area (Å²) in [4.78, 5) is 18.6. The highest BCUT2D eigenvalue weighted by Gasteiger charge is 2.15. The maximum absolute atomic E-state index is 13.8. The number of nitrogens with zero attached hydrogens (tertiary/aromatic N) is 3. The van der Waals surface area contributed by atoms with E-state index in [0.717, 1.165) is 5.69 Å². The number of nitriles is 1. The third-order valence-electron chi connectivity index (χ3n) is 3.26. The molecule has 2 aromatic rings. The first-order valence-corrected chi connectivity index (χ1v) is 8.53. The van der Waals surface area contributed by atoms with Crippen LogP contribution in [0.5, 0.6) is 0 Å². The first kappa shape index (κ1) is 17.8. The lowest BCUT2D eigenvalue weighted by Crippen LogP contribution is -2.35. The number of carbonyl (C=O) groups is 1. The third kappa shape index (κ3) is 4.96. The summed E-state index contributed by atoms with van der Waals surface area (Å²) in [7, 11) is 0. The molecular weight excluding hydrogens is 327 g/mol. The smallest absolute Gasteiger partial charge is 0.318 e. The van der Waals surface area contributed by atoms with E-state index < -0.39 is 6.03 Å². The van der Waals surface area contributed by atoms with Gasteiger partial charge in [0.25, 0.3) is 0 Å². The van der Waals surface area contributed by atoms with Crippen LogP contribution in [0.1, 0.15) is 12.1 Å². The Morgan fingerprint density at radius 2 is 2.25 bits per heavy atom. The largest absolute Gasteiger partial charge is 0.322 e. The molecule has 0 aliphatic heterocycles. The van der Waals surface area contributed by atoms with E-state index in [1.807, 2.05) is 12.1 Å². The lowest BCUT2D eigenvalue weighted by Gasteiger charge is -2.22. The zero-order chi connectivity index (χ0) is 17.4. The molecule has 0 saturated heterocycles. The topological polar surface area (TPSA) is 69.0 Å². The van der Waals surface area contributed by atoms with Crippen molar-refractivity contribution < 1.29 is 9.18 Å². The van der Waals surface area contributed by atoms with Crippen LogP contribution in [-0.4, -0.2) is 28.7 Å². The highest BCUT2D eigenvalue weighted by Crippen LogP contribution is 2.22. The summed E-state index contributed by atoms with van der Waals surface area (Å²) in [5.41, 5.74) is 1.09. The first-order valence-electron chi connectivity index (χ1n) is 7.30. The fraction of sp³-hybridized carbons (Fsp3) is 0.235. The summed E-state index contributed by atoms with van der Waals surface area (Å²) < 4.78 is 13.8. The predicted molar refractivity (Wildman–Crippen MR) is 92.1 cm³/mol. The number of benzene rings is 1. The summed E-state index contributed by atoms with van der Waals surface area (Å²) in [6.07, 6.45) is 3.64. The van der Waals surface area contributed by atoms with Crippen molar-refractivity contribution in [2.24, 2.45) is 0 Å². The molecule has 24 heavy (non-hydrogen) atoms. The Bertz CT molecular complexity index is 733. The summed E-state index contributed by atoms with van der Waals surface area (Å²) in [5.74, 6) is -0.381. The van der Waals surface area contributed by atoms with Crippen molar-refractivity contribution in [2.75, 3.05) is 18.1 Å². The van der Waals surface area contributed by atoms with Crippen LogP contribution in [0.2, 0.25) is 0 Å². The highest BCUT2D eigenvalue weighted by molar-refractivity contribution is 7.98. The molecule has 0 fully saturated rings. The maximum Gasteiger partial charge on any atom is 0.322 e. The number of anilines is 1. The number of urea groups is 1. The average Bonchev–Trinajstić information content (AvgIpc) is 2.59. The molecule has 0 bridgehead atoms. The molecule has 1 heterocycles. The summed E-state index contributed by atoms with van der Waals surface area (Å²) in [6.45, 7) is 0.546. The number of carbonyl (C=O) groups excluding carboxylic acids is 1. The molecule has 2 rings (SSSR count). The molecule has 5 nitrogen and oxygen atoms in total. The lowest BCUT2D eigenvalue weighted by molar-refractivity contribution is 0.209. The third-order valence-corrected chi connectivity index (χ3v) is 4.03. The van der Waals surface area contributed by atoms with Crippen LogP contribution in [0.25, 0.3) is 0 Å². The van der Waals surface area contributed by atoms with Gasteiger partial charge in [0.1, 0.15) is 5.82 Å². The van der Waals surface area contributed by atoms with E-state index >= 15 is 0 Å². The SMILES string of the molecule is CSc1ccc(NC(=O)N(CCC#N)Cc2ccccn2)cc1F. The van der Waals surface area contributed by atoms with Crippen LogP contribution < -0.4 is 5.32 Å². The zero-order valence-electron chi connectivity index (χ0n) is 13.2. The zero-order valence-corrected chi connectivity index (χ0v) is 14.0. The summed E-state index contributed by atoms with van der Waals surface area (Å²) in [6, 6.07) is 11.6. The van der Waals surface area contributed by atoms with Crippen molar-refractivity contribution in [2.45, 2.75) is 17.9 Å². The van der Waals surface area contributed by atoms with E-state index in [9.17, 15) is 9.18 Å². The fourth-order valence-electron chi connectivity index (χ4n) is 2.07. The normalized spacial score (nSPS) is 10.0. The molecule has 0 unspecified atom stereocenters. The quantitative estimate of drug-likeness (QED) is 0.807. The Balaban J connectivity index is 2.09. The lowest BCUT2D eigenvalue weighted by atomic mass is 10.3. The van der Waals surface area contributed by atoms with Gasteiger partial charge >= 0.3 is 6.03 Å². The summed E-state index contributed by atoms with van der Waals surface area (Å²) in [5, 5.41) is 11.4. The van der Waals surface area contributed by atoms with E-state index in [-0.39, 0.29) is 25.3 Å². The van der Waals surface area contributed by atoms with Gasteiger partial charge in [0.2, 0.25) is 0 Å². The fourth-order valence-corrected chi connectivity index (χ4v) is 2.53. The molecular formula is C17H17FN4OS. The number of halogens is 1. The van der Waals surface area contributed by atoms with Gasteiger partial charge in [0, 0.05) is 23.3 Å². The molecule has 0 aliphatic rings. The van der Waals surface area contributed by atoms with Crippen molar-refractivity contribution in [1.82, 2.24) is 9.88 Å². The molecule has 7 heteroatoms. The van der Waals surface area contributed by atoms with E-state index in [1.165, 1.54) is 22.7 Å². The Morgan fingerprint density at radius 1 is 1.42 bits per heavy atom. The molecule has 0 saturated carbocycles. The van der Waals surface area contributed by atoms with Gasteiger partial charge in [-0.1, -0.05) is 6.07 Å². The van der Waals surface area contributed by atoms with Crippen molar-refractivity contribution >= 4 is 23.5 Å². The molecule has 124 valence electrons. The Hall–Kier alpha value is -2.59. The van der Waals surface area contributed by atoms with Gasteiger partial charge in [-0.3, -0.25) is 4.98 Å². The second-order valence-corrected chi connectivity index (χ2v) is 5.78. The van der Waals surface area contributed by atoms with Gasteiger partial charge < -0.3 is 10.2 Å². The van der Waals surface area contributed by atoms with Crippen LogP contribution >= 0.6 is 11.8 Å². The van der Waals surface area contributed by atoms with Gasteiger partial charge in [0.05, 0.1) is 24.7 Å². The van der Waals surface area contributed by atoms with Crippen molar-refractivity contribution in [3.8, 4) is 6.07 Å². The molecule has 1 aromatic heterocycles. The van der Waals surface area contributed by atoms with E-state index in [4.69, 9.17) is 5.26 Å². The minimum atomic E-state index is -0.396. The minimum Gasteiger partial charge on any atom is -0.318 e. The standard InChI is InChI=1S/C17H17FN4OS/c1-24-16-7-6-13(11-15(16)18)21-17(23)22(10-4-8-19)12-14-5-2-3-9-20-14/h2-3,5-7,9,11H,4,10,12H2,1H3,(H,21,23). The van der Waals surface area contributed by atoms with Gasteiger partial charge in [-0.25, -0.2) is 9.18 Å². The van der Waals surface area contributed by atoms with Crippen LogP contribution in [0, 0.1) is 17.1 Å². The maximum atomic E-state index is 13.8. The predicted octanol–water partition coefficient (Wildman–Crippen LogP) is 3.89. The molecule has 1 N–H and O–H groups in total. The van der Waals surface area contributed by atoms with E-state index in [2.05, 4.69) is 10.3 Å². The molecule has 0 radical (unpaired) electrons. The number of nitrogens with one attached hydrogen (secondary N) is 1. The number of rotatable bonds is 6. The molecule has 2 amide bonds. The number of amides is 2. The number of pyridine rings is 1. The highest BCUT2D eigenvalue weighted by atomic mass is 32.2. The van der Waals surface area contributed by atoms with Crippen LogP contribution in [0.3, 0.4) is 0 Å². The first-order chi connectivity index (χ1) is 11.6. The summed E-state index contributed by atoms with van der Waals surface area (Å²) >= 11 is 1.30. The number of hydrogen-bond donors (Lipinski definition) is 1. The second-order valence-electron chi connectivity index (χ2n) is 4.93. The van der Waals surface area contributed by atoms with Crippen LogP contribution in [0.4, 0.5) is 14.9 Å². The molecule has 0 atom stereocenters. The van der Waals surface area contributed by atoms with Gasteiger partial charge in [0.15, 0.2) is 0 Å². The van der Waals surface area contributed by atoms with Gasteiger partial charge in [-0.2, -0.15) is 5.26 Å².